The molecule has 0 atom stereocenters. The van der Waals surface area contributed by atoms with Crippen LogP contribution in [0.1, 0.15) is 13.8 Å². The molecular weight excluding hydrogens is 192 g/mol. The Kier molecular flexibility index (Phi) is 2.32. The van der Waals surface area contributed by atoms with Gasteiger partial charge in [-0.3, -0.25) is 0 Å². The first-order valence-electron chi connectivity index (χ1n) is 4.77. The molecule has 2 rings (SSSR count). The summed E-state index contributed by atoms with van der Waals surface area (Å²) in [5.74, 6) is 0.571. The zero-order valence-corrected chi connectivity index (χ0v) is 8.84. The van der Waals surface area contributed by atoms with E-state index in [9.17, 15) is 0 Å². The van der Waals surface area contributed by atoms with Gasteiger partial charge in [-0.05, 0) is 13.8 Å². The highest BCUT2D eigenvalue weighted by atomic mass is 16.5. The minimum absolute atomic E-state index is 0.353. The van der Waals surface area contributed by atoms with Crippen LogP contribution in [0.4, 0.5) is 0 Å². The topological polar surface area (TPSA) is 65.4 Å². The predicted molar refractivity (Wildman–Crippen MR) is 56.7 cm³/mol. The maximum Gasteiger partial charge on any atom is 0.216 e. The van der Waals surface area contributed by atoms with Gasteiger partial charge < -0.3 is 10.5 Å². The largest absolute Gasteiger partial charge is 0.476 e. The Morgan fingerprint density at radius 2 is 2.27 bits per heavy atom. The number of nitrogens with zero attached hydrogens (tertiary/aromatic N) is 3. The molecule has 80 valence electrons. The summed E-state index contributed by atoms with van der Waals surface area (Å²) >= 11 is 0. The normalized spacial score (nSPS) is 11.9. The summed E-state index contributed by atoms with van der Waals surface area (Å²) in [5, 5.41) is 4.04. The summed E-state index contributed by atoms with van der Waals surface area (Å²) in [6.07, 6.45) is 3.50. The fraction of sp³-hybridized carbons (Fsp3) is 0.400. The Morgan fingerprint density at radius 3 is 3.00 bits per heavy atom. The van der Waals surface area contributed by atoms with Gasteiger partial charge in [0.05, 0.1) is 6.20 Å². The smallest absolute Gasteiger partial charge is 0.216 e. The number of hydrogen-bond donors (Lipinski definition) is 1. The molecule has 0 aliphatic rings. The SMILES string of the molecule is CC(C)(N)COc1ccn2nccc2n1. The van der Waals surface area contributed by atoms with Crippen molar-refractivity contribution in [3.8, 4) is 5.88 Å². The van der Waals surface area contributed by atoms with Crippen molar-refractivity contribution in [1.29, 1.82) is 0 Å². The van der Waals surface area contributed by atoms with Gasteiger partial charge in [0, 0.05) is 23.9 Å². The average molecular weight is 206 g/mol. The van der Waals surface area contributed by atoms with Crippen LogP contribution in [0.15, 0.2) is 24.5 Å². The van der Waals surface area contributed by atoms with Crippen LogP contribution >= 0.6 is 0 Å². The summed E-state index contributed by atoms with van der Waals surface area (Å²) in [5.41, 5.74) is 6.22. The maximum atomic E-state index is 5.81. The van der Waals surface area contributed by atoms with E-state index in [0.717, 1.165) is 5.65 Å². The number of ether oxygens (including phenoxy) is 1. The first-order valence-corrected chi connectivity index (χ1v) is 4.77. The van der Waals surface area contributed by atoms with Crippen molar-refractivity contribution < 1.29 is 4.74 Å². The Labute approximate surface area is 87.9 Å². The van der Waals surface area contributed by atoms with Crippen LogP contribution in [0.3, 0.4) is 0 Å². The number of aromatic nitrogens is 3. The molecule has 15 heavy (non-hydrogen) atoms. The minimum atomic E-state index is -0.353. The molecule has 0 radical (unpaired) electrons. The highest BCUT2D eigenvalue weighted by Crippen LogP contribution is 2.10. The van der Waals surface area contributed by atoms with E-state index in [2.05, 4.69) is 10.1 Å². The zero-order chi connectivity index (χ0) is 10.9. The first-order chi connectivity index (χ1) is 7.04. The van der Waals surface area contributed by atoms with Gasteiger partial charge in [0.2, 0.25) is 5.88 Å². The van der Waals surface area contributed by atoms with E-state index in [1.54, 1.807) is 23.0 Å². The molecule has 0 bridgehead atoms. The molecule has 0 saturated carbocycles. The van der Waals surface area contributed by atoms with E-state index in [1.165, 1.54) is 0 Å². The Balaban J connectivity index is 2.15. The number of hydrogen-bond acceptors (Lipinski definition) is 4. The van der Waals surface area contributed by atoms with E-state index >= 15 is 0 Å². The quantitative estimate of drug-likeness (QED) is 0.808. The number of rotatable bonds is 3. The van der Waals surface area contributed by atoms with Crippen molar-refractivity contribution in [3.63, 3.8) is 0 Å². The van der Waals surface area contributed by atoms with Crippen LogP contribution in [-0.4, -0.2) is 26.7 Å². The molecule has 0 spiro atoms. The third-order valence-electron chi connectivity index (χ3n) is 1.82. The predicted octanol–water partition coefficient (Wildman–Crippen LogP) is 0.845. The standard InChI is InChI=1S/C10H14N4O/c1-10(2,11)7-15-9-4-6-14-8(13-9)3-5-12-14/h3-6H,7,11H2,1-2H3. The van der Waals surface area contributed by atoms with Crippen molar-refractivity contribution in [2.75, 3.05) is 6.61 Å². The van der Waals surface area contributed by atoms with Gasteiger partial charge in [-0.1, -0.05) is 0 Å². The van der Waals surface area contributed by atoms with Crippen LogP contribution in [0, 0.1) is 0 Å². The highest BCUT2D eigenvalue weighted by molar-refractivity contribution is 5.37. The Morgan fingerprint density at radius 1 is 1.47 bits per heavy atom. The van der Waals surface area contributed by atoms with Crippen LogP contribution in [0.2, 0.25) is 0 Å². The number of fused-ring (bicyclic) bond motifs is 1. The molecule has 2 heterocycles. The van der Waals surface area contributed by atoms with Gasteiger partial charge in [-0.15, -0.1) is 0 Å². The molecule has 0 saturated heterocycles. The van der Waals surface area contributed by atoms with Crippen molar-refractivity contribution in [2.45, 2.75) is 19.4 Å². The molecule has 0 amide bonds. The molecule has 0 aliphatic heterocycles. The number of nitrogens with two attached hydrogens (primary N) is 1. The Hall–Kier alpha value is -1.62. The average Bonchev–Trinajstić information content (AvgIpc) is 2.60. The molecule has 2 N–H and O–H groups in total. The second kappa shape index (κ2) is 3.51. The van der Waals surface area contributed by atoms with E-state index in [1.807, 2.05) is 19.9 Å². The molecule has 5 nitrogen and oxygen atoms in total. The van der Waals surface area contributed by atoms with E-state index < -0.39 is 0 Å². The van der Waals surface area contributed by atoms with E-state index in [0.29, 0.717) is 12.5 Å². The summed E-state index contributed by atoms with van der Waals surface area (Å²) in [4.78, 5) is 4.26. The molecular formula is C10H14N4O. The van der Waals surface area contributed by atoms with Crippen LogP contribution < -0.4 is 10.5 Å². The molecule has 2 aromatic rings. The Bertz CT molecular complexity index is 458. The van der Waals surface area contributed by atoms with Crippen LogP contribution in [0.5, 0.6) is 5.88 Å². The van der Waals surface area contributed by atoms with Gasteiger partial charge in [0.25, 0.3) is 0 Å². The highest BCUT2D eigenvalue weighted by Gasteiger charge is 2.11. The van der Waals surface area contributed by atoms with Crippen molar-refractivity contribution in [1.82, 2.24) is 14.6 Å². The third-order valence-corrected chi connectivity index (χ3v) is 1.82. The van der Waals surface area contributed by atoms with Gasteiger partial charge in [-0.2, -0.15) is 10.1 Å². The third kappa shape index (κ3) is 2.44. The minimum Gasteiger partial charge on any atom is -0.476 e. The summed E-state index contributed by atoms with van der Waals surface area (Å²) < 4.78 is 7.15. The van der Waals surface area contributed by atoms with Crippen molar-refractivity contribution in [2.24, 2.45) is 5.73 Å². The lowest BCUT2D eigenvalue weighted by Gasteiger charge is -2.18. The summed E-state index contributed by atoms with van der Waals surface area (Å²) in [6.45, 7) is 4.25. The van der Waals surface area contributed by atoms with Crippen LogP contribution in [0.25, 0.3) is 5.65 Å². The molecule has 0 aromatic carbocycles. The lowest BCUT2D eigenvalue weighted by Crippen LogP contribution is -2.38. The van der Waals surface area contributed by atoms with Gasteiger partial charge in [-0.25, -0.2) is 4.52 Å². The van der Waals surface area contributed by atoms with Crippen LogP contribution in [-0.2, 0) is 0 Å². The van der Waals surface area contributed by atoms with E-state index in [4.69, 9.17) is 10.5 Å². The molecule has 0 aliphatic carbocycles. The van der Waals surface area contributed by atoms with Crippen molar-refractivity contribution in [3.05, 3.63) is 24.5 Å². The fourth-order valence-corrected chi connectivity index (χ4v) is 1.14. The lowest BCUT2D eigenvalue weighted by molar-refractivity contribution is 0.235. The van der Waals surface area contributed by atoms with Gasteiger partial charge in [0.15, 0.2) is 5.65 Å². The second-order valence-electron chi connectivity index (χ2n) is 4.18. The van der Waals surface area contributed by atoms with E-state index in [-0.39, 0.29) is 5.54 Å². The fourth-order valence-electron chi connectivity index (χ4n) is 1.14. The molecule has 2 aromatic heterocycles. The lowest BCUT2D eigenvalue weighted by atomic mass is 10.1. The summed E-state index contributed by atoms with van der Waals surface area (Å²) in [6, 6.07) is 3.59. The molecule has 0 fully saturated rings. The monoisotopic (exact) mass is 206 g/mol. The maximum absolute atomic E-state index is 5.81. The molecule has 0 unspecified atom stereocenters. The second-order valence-corrected chi connectivity index (χ2v) is 4.18. The van der Waals surface area contributed by atoms with Crippen molar-refractivity contribution >= 4 is 5.65 Å². The van der Waals surface area contributed by atoms with Gasteiger partial charge >= 0.3 is 0 Å². The molecule has 5 heteroatoms. The zero-order valence-electron chi connectivity index (χ0n) is 8.84. The summed E-state index contributed by atoms with van der Waals surface area (Å²) in [7, 11) is 0. The van der Waals surface area contributed by atoms with Gasteiger partial charge in [0.1, 0.15) is 6.61 Å². The first kappa shape index (κ1) is 9.92.